The second-order valence-electron chi connectivity index (χ2n) is 5.84. The van der Waals surface area contributed by atoms with Crippen molar-refractivity contribution in [1.29, 1.82) is 0 Å². The quantitative estimate of drug-likeness (QED) is 0.759. The lowest BCUT2D eigenvalue weighted by atomic mass is 9.83. The zero-order valence-electron chi connectivity index (χ0n) is 11.6. The molecular weight excluding hydrogens is 206 g/mol. The van der Waals surface area contributed by atoms with E-state index in [9.17, 15) is 0 Å². The first kappa shape index (κ1) is 12.6. The molecule has 1 aliphatic rings. The van der Waals surface area contributed by atoms with Crippen LogP contribution in [0.1, 0.15) is 43.4 Å². The summed E-state index contributed by atoms with van der Waals surface area (Å²) in [6.07, 6.45) is 4.20. The van der Waals surface area contributed by atoms with Gasteiger partial charge in [-0.05, 0) is 50.4 Å². The van der Waals surface area contributed by atoms with Crippen LogP contribution in [0.5, 0.6) is 0 Å². The van der Waals surface area contributed by atoms with E-state index in [1.807, 2.05) is 0 Å². The molecule has 1 heteroatoms. The van der Waals surface area contributed by atoms with Gasteiger partial charge in [0.25, 0.3) is 0 Å². The molecular formula is C16H25N. The maximum Gasteiger partial charge on any atom is 0.0375 e. The Balaban J connectivity index is 2.32. The van der Waals surface area contributed by atoms with E-state index >= 15 is 0 Å². The van der Waals surface area contributed by atoms with E-state index in [1.54, 1.807) is 0 Å². The second kappa shape index (κ2) is 5.22. The van der Waals surface area contributed by atoms with Gasteiger partial charge in [-0.1, -0.05) is 44.0 Å². The third-order valence-electron chi connectivity index (χ3n) is 4.40. The first-order valence-corrected chi connectivity index (χ1v) is 6.83. The van der Waals surface area contributed by atoms with Gasteiger partial charge in [-0.2, -0.15) is 0 Å². The molecule has 1 nitrogen and oxygen atoms in total. The Labute approximate surface area is 106 Å². The molecule has 1 aromatic carbocycles. The molecule has 0 saturated heterocycles. The van der Waals surface area contributed by atoms with Crippen molar-refractivity contribution in [2.24, 2.45) is 11.8 Å². The molecule has 1 fully saturated rings. The van der Waals surface area contributed by atoms with Crippen molar-refractivity contribution in [3.05, 3.63) is 35.4 Å². The van der Waals surface area contributed by atoms with Crippen molar-refractivity contribution >= 4 is 0 Å². The van der Waals surface area contributed by atoms with Crippen molar-refractivity contribution in [1.82, 2.24) is 4.90 Å². The summed E-state index contributed by atoms with van der Waals surface area (Å²) in [7, 11) is 4.45. The van der Waals surface area contributed by atoms with Crippen LogP contribution in [-0.2, 0) is 0 Å². The molecule has 0 bridgehead atoms. The summed E-state index contributed by atoms with van der Waals surface area (Å²) < 4.78 is 0. The molecule has 3 atom stereocenters. The molecule has 17 heavy (non-hydrogen) atoms. The van der Waals surface area contributed by atoms with Gasteiger partial charge < -0.3 is 4.90 Å². The smallest absolute Gasteiger partial charge is 0.0375 e. The molecule has 0 radical (unpaired) electrons. The van der Waals surface area contributed by atoms with Crippen molar-refractivity contribution in [3.8, 4) is 0 Å². The van der Waals surface area contributed by atoms with Gasteiger partial charge in [-0.15, -0.1) is 0 Å². The maximum atomic E-state index is 2.42. The highest BCUT2D eigenvalue weighted by atomic mass is 15.1. The largest absolute Gasteiger partial charge is 0.302 e. The van der Waals surface area contributed by atoms with Gasteiger partial charge in [-0.25, -0.2) is 0 Å². The van der Waals surface area contributed by atoms with E-state index in [1.165, 1.54) is 30.4 Å². The highest BCUT2D eigenvalue weighted by Gasteiger charge is 2.33. The third kappa shape index (κ3) is 2.55. The molecule has 0 spiro atoms. The van der Waals surface area contributed by atoms with E-state index in [0.29, 0.717) is 6.04 Å². The van der Waals surface area contributed by atoms with Crippen LogP contribution in [0.25, 0.3) is 0 Å². The first-order chi connectivity index (χ1) is 8.11. The summed E-state index contributed by atoms with van der Waals surface area (Å²) in [5.41, 5.74) is 2.96. The zero-order chi connectivity index (χ0) is 12.4. The fraction of sp³-hybridized carbons (Fsp3) is 0.625. The Hall–Kier alpha value is -0.820. The van der Waals surface area contributed by atoms with Crippen LogP contribution in [0.15, 0.2) is 24.3 Å². The summed E-state index contributed by atoms with van der Waals surface area (Å²) in [5.74, 6) is 1.69. The van der Waals surface area contributed by atoms with Crippen LogP contribution in [0.3, 0.4) is 0 Å². The van der Waals surface area contributed by atoms with Crippen LogP contribution in [0, 0.1) is 18.8 Å². The van der Waals surface area contributed by atoms with Gasteiger partial charge in [-0.3, -0.25) is 0 Å². The van der Waals surface area contributed by atoms with Crippen LogP contribution in [-0.4, -0.2) is 19.0 Å². The van der Waals surface area contributed by atoms with Gasteiger partial charge in [0.1, 0.15) is 0 Å². The van der Waals surface area contributed by atoms with Gasteiger partial charge in [0.05, 0.1) is 0 Å². The van der Waals surface area contributed by atoms with Gasteiger partial charge >= 0.3 is 0 Å². The molecule has 1 saturated carbocycles. The van der Waals surface area contributed by atoms with Crippen LogP contribution >= 0.6 is 0 Å². The molecule has 1 aliphatic carbocycles. The SMILES string of the molecule is Cc1ccccc1[C@@H](C1CCCC1C)N(C)C. The minimum absolute atomic E-state index is 0.591. The molecule has 0 amide bonds. The molecule has 0 heterocycles. The highest BCUT2D eigenvalue weighted by molar-refractivity contribution is 5.29. The molecule has 0 aliphatic heterocycles. The van der Waals surface area contributed by atoms with E-state index in [-0.39, 0.29) is 0 Å². The number of hydrogen-bond acceptors (Lipinski definition) is 1. The van der Waals surface area contributed by atoms with Crippen molar-refractivity contribution < 1.29 is 0 Å². The molecule has 0 N–H and O–H groups in total. The Bertz CT molecular complexity index is 370. The van der Waals surface area contributed by atoms with Crippen LogP contribution in [0.2, 0.25) is 0 Å². The minimum Gasteiger partial charge on any atom is -0.302 e. The lowest BCUT2D eigenvalue weighted by Gasteiger charge is -2.34. The normalized spacial score (nSPS) is 26.4. The fourth-order valence-electron chi connectivity index (χ4n) is 3.45. The fourth-order valence-corrected chi connectivity index (χ4v) is 3.45. The van der Waals surface area contributed by atoms with Gasteiger partial charge in [0.15, 0.2) is 0 Å². The molecule has 94 valence electrons. The topological polar surface area (TPSA) is 3.24 Å². The standard InChI is InChI=1S/C16H25N/c1-12-8-5-6-10-14(12)16(17(3)4)15-11-7-9-13(15)2/h5-6,8,10,13,15-16H,7,9,11H2,1-4H3/t13?,15?,16-/m0/s1. The minimum atomic E-state index is 0.591. The lowest BCUT2D eigenvalue weighted by Crippen LogP contribution is -2.29. The predicted octanol–water partition coefficient (Wildman–Crippen LogP) is 4.03. The first-order valence-electron chi connectivity index (χ1n) is 6.83. The summed E-state index contributed by atoms with van der Waals surface area (Å²) >= 11 is 0. The van der Waals surface area contributed by atoms with E-state index < -0.39 is 0 Å². The Morgan fingerprint density at radius 2 is 1.88 bits per heavy atom. The molecule has 2 rings (SSSR count). The molecule has 1 aromatic rings. The third-order valence-corrected chi connectivity index (χ3v) is 4.40. The molecule has 0 aromatic heterocycles. The van der Waals surface area contributed by atoms with Crippen molar-refractivity contribution in [3.63, 3.8) is 0 Å². The zero-order valence-corrected chi connectivity index (χ0v) is 11.6. The lowest BCUT2D eigenvalue weighted by molar-refractivity contribution is 0.182. The van der Waals surface area contributed by atoms with Crippen LogP contribution in [0.4, 0.5) is 0 Å². The number of rotatable bonds is 3. The van der Waals surface area contributed by atoms with Crippen LogP contribution < -0.4 is 0 Å². The number of hydrogen-bond donors (Lipinski definition) is 0. The summed E-state index contributed by atoms with van der Waals surface area (Å²) in [6.45, 7) is 4.66. The summed E-state index contributed by atoms with van der Waals surface area (Å²) in [6, 6.07) is 9.46. The Morgan fingerprint density at radius 1 is 1.18 bits per heavy atom. The summed E-state index contributed by atoms with van der Waals surface area (Å²) in [4.78, 5) is 2.41. The Morgan fingerprint density at radius 3 is 2.41 bits per heavy atom. The Kier molecular flexibility index (Phi) is 3.88. The van der Waals surface area contributed by atoms with E-state index in [4.69, 9.17) is 0 Å². The van der Waals surface area contributed by atoms with Gasteiger partial charge in [0.2, 0.25) is 0 Å². The average Bonchev–Trinajstić information content (AvgIpc) is 2.68. The number of aryl methyl sites for hydroxylation is 1. The van der Waals surface area contributed by atoms with E-state index in [2.05, 4.69) is 57.1 Å². The number of benzene rings is 1. The summed E-state index contributed by atoms with van der Waals surface area (Å²) in [5, 5.41) is 0. The second-order valence-corrected chi connectivity index (χ2v) is 5.84. The van der Waals surface area contributed by atoms with Crippen molar-refractivity contribution in [2.75, 3.05) is 14.1 Å². The predicted molar refractivity (Wildman–Crippen MR) is 74.1 cm³/mol. The maximum absolute atomic E-state index is 2.42. The number of nitrogens with zero attached hydrogens (tertiary/aromatic N) is 1. The van der Waals surface area contributed by atoms with Crippen molar-refractivity contribution in [2.45, 2.75) is 39.2 Å². The average molecular weight is 231 g/mol. The van der Waals surface area contributed by atoms with Gasteiger partial charge in [0, 0.05) is 6.04 Å². The van der Waals surface area contributed by atoms with E-state index in [0.717, 1.165) is 11.8 Å². The molecule has 2 unspecified atom stereocenters. The highest BCUT2D eigenvalue weighted by Crippen LogP contribution is 2.42. The monoisotopic (exact) mass is 231 g/mol.